The normalized spacial score (nSPS) is 34.1. The Morgan fingerprint density at radius 2 is 1.53 bits per heavy atom. The van der Waals surface area contributed by atoms with E-state index in [9.17, 15) is 0 Å². The lowest BCUT2D eigenvalue weighted by Crippen LogP contribution is -2.55. The Balaban J connectivity index is 1.22. The quantitative estimate of drug-likeness (QED) is 0.430. The molecule has 2 unspecified atom stereocenters. The van der Waals surface area contributed by atoms with Gasteiger partial charge < -0.3 is 9.80 Å². The van der Waals surface area contributed by atoms with Gasteiger partial charge in [-0.05, 0) is 84.4 Å². The fourth-order valence-electron chi connectivity index (χ4n) is 6.36. The number of nitrogens with zero attached hydrogens (tertiary/aromatic N) is 5. The standard InChI is InChI=1S/C24H38IN5/c1-17(2)29-15-21-7-8-22(16-29)30(21)23-9-12-26-24(27-23)18-10-13-28(14-11-18)20-5-3-19(25)4-6-20/h9,12,17-22H,3-8,10-11,13-16H2,1-2H3. The van der Waals surface area contributed by atoms with Gasteiger partial charge in [-0.1, -0.05) is 22.6 Å². The fourth-order valence-corrected chi connectivity index (χ4v) is 7.08. The molecule has 6 heteroatoms. The number of aromatic nitrogens is 2. The first-order valence-electron chi connectivity index (χ1n) is 12.3. The van der Waals surface area contributed by atoms with Crippen LogP contribution in [0.1, 0.15) is 77.0 Å². The highest BCUT2D eigenvalue weighted by Gasteiger charge is 2.41. The Labute approximate surface area is 196 Å². The molecule has 0 N–H and O–H groups in total. The van der Waals surface area contributed by atoms with Crippen LogP contribution < -0.4 is 4.90 Å². The third kappa shape index (κ3) is 4.38. The molecule has 1 aromatic rings. The first-order valence-corrected chi connectivity index (χ1v) is 13.6. The van der Waals surface area contributed by atoms with Gasteiger partial charge >= 0.3 is 0 Å². The molecule has 166 valence electrons. The minimum absolute atomic E-state index is 0.539. The van der Waals surface area contributed by atoms with Crippen molar-refractivity contribution in [3.63, 3.8) is 0 Å². The molecule has 0 aromatic carbocycles. The van der Waals surface area contributed by atoms with Crippen LogP contribution in [0.5, 0.6) is 0 Å². The van der Waals surface area contributed by atoms with Crippen LogP contribution in [0.25, 0.3) is 0 Å². The van der Waals surface area contributed by atoms with Crippen molar-refractivity contribution < 1.29 is 0 Å². The maximum Gasteiger partial charge on any atom is 0.133 e. The molecule has 4 heterocycles. The van der Waals surface area contributed by atoms with Crippen LogP contribution in [0.15, 0.2) is 12.3 Å². The molecule has 4 aliphatic rings. The first-order chi connectivity index (χ1) is 14.6. The number of anilines is 1. The van der Waals surface area contributed by atoms with Crippen LogP contribution in [0.2, 0.25) is 0 Å². The third-order valence-electron chi connectivity index (χ3n) is 8.20. The molecule has 1 aromatic heterocycles. The van der Waals surface area contributed by atoms with Crippen molar-refractivity contribution in [3.8, 4) is 0 Å². The van der Waals surface area contributed by atoms with E-state index < -0.39 is 0 Å². The zero-order chi connectivity index (χ0) is 20.7. The van der Waals surface area contributed by atoms with E-state index in [0.717, 1.165) is 15.8 Å². The van der Waals surface area contributed by atoms with Crippen LogP contribution in [0.4, 0.5) is 5.82 Å². The number of hydrogen-bond acceptors (Lipinski definition) is 5. The van der Waals surface area contributed by atoms with Crippen molar-refractivity contribution in [2.75, 3.05) is 31.1 Å². The van der Waals surface area contributed by atoms with E-state index in [2.05, 4.69) is 57.2 Å². The van der Waals surface area contributed by atoms with Crippen molar-refractivity contribution in [1.29, 1.82) is 0 Å². The molecule has 2 atom stereocenters. The summed E-state index contributed by atoms with van der Waals surface area (Å²) in [5.74, 6) is 2.84. The first kappa shape index (κ1) is 21.4. The summed E-state index contributed by atoms with van der Waals surface area (Å²) >= 11 is 2.64. The lowest BCUT2D eigenvalue weighted by Gasteiger charge is -2.43. The predicted octanol–water partition coefficient (Wildman–Crippen LogP) is 4.46. The second-order valence-electron chi connectivity index (χ2n) is 10.3. The van der Waals surface area contributed by atoms with Gasteiger partial charge in [0.1, 0.15) is 11.6 Å². The number of piperazine rings is 1. The van der Waals surface area contributed by atoms with Gasteiger partial charge in [0.25, 0.3) is 0 Å². The van der Waals surface area contributed by atoms with Gasteiger partial charge in [0.15, 0.2) is 0 Å². The van der Waals surface area contributed by atoms with Crippen LogP contribution in [0, 0.1) is 0 Å². The molecule has 0 radical (unpaired) electrons. The topological polar surface area (TPSA) is 35.5 Å². The molecule has 0 spiro atoms. The zero-order valence-electron chi connectivity index (χ0n) is 18.7. The number of halogens is 1. The van der Waals surface area contributed by atoms with Gasteiger partial charge in [0, 0.05) is 53.3 Å². The van der Waals surface area contributed by atoms with Gasteiger partial charge in [0.05, 0.1) is 0 Å². The molecular weight excluding hydrogens is 485 g/mol. The highest BCUT2D eigenvalue weighted by molar-refractivity contribution is 14.1. The van der Waals surface area contributed by atoms with Crippen molar-refractivity contribution in [2.24, 2.45) is 0 Å². The number of likely N-dealkylation sites (tertiary alicyclic amines) is 2. The molecule has 2 bridgehead atoms. The summed E-state index contributed by atoms with van der Waals surface area (Å²) in [5, 5.41) is 0. The third-order valence-corrected chi connectivity index (χ3v) is 9.45. The Bertz CT molecular complexity index is 697. The second-order valence-corrected chi connectivity index (χ2v) is 12.1. The van der Waals surface area contributed by atoms with E-state index in [4.69, 9.17) is 9.97 Å². The van der Waals surface area contributed by atoms with Crippen molar-refractivity contribution >= 4 is 28.4 Å². The SMILES string of the molecule is CC(C)N1CC2CCC(C1)N2c1ccnc(C2CCN(C3CCC(I)CC3)CC2)n1. The second kappa shape index (κ2) is 9.18. The Hall–Kier alpha value is -0.470. The number of fused-ring (bicyclic) bond motifs is 2. The zero-order valence-corrected chi connectivity index (χ0v) is 20.9. The maximum absolute atomic E-state index is 5.16. The van der Waals surface area contributed by atoms with Crippen molar-refractivity contribution in [1.82, 2.24) is 19.8 Å². The smallest absolute Gasteiger partial charge is 0.133 e. The largest absolute Gasteiger partial charge is 0.348 e. The Morgan fingerprint density at radius 3 is 2.17 bits per heavy atom. The summed E-state index contributed by atoms with van der Waals surface area (Å²) in [4.78, 5) is 18.0. The number of piperidine rings is 1. The van der Waals surface area contributed by atoms with Crippen molar-refractivity contribution in [2.45, 2.75) is 99.2 Å². The molecular formula is C24H38IN5. The summed E-state index contributed by atoms with van der Waals surface area (Å²) in [6.07, 6.45) is 12.7. The number of alkyl halides is 1. The van der Waals surface area contributed by atoms with Crippen LogP contribution in [-0.4, -0.2) is 74.0 Å². The minimum Gasteiger partial charge on any atom is -0.348 e. The average molecular weight is 524 g/mol. The maximum atomic E-state index is 5.16. The molecule has 4 fully saturated rings. The molecule has 30 heavy (non-hydrogen) atoms. The van der Waals surface area contributed by atoms with E-state index in [1.807, 2.05) is 6.20 Å². The van der Waals surface area contributed by atoms with Gasteiger partial charge in [-0.15, -0.1) is 0 Å². The minimum atomic E-state index is 0.539. The summed E-state index contributed by atoms with van der Waals surface area (Å²) in [5.41, 5.74) is 0. The fraction of sp³-hybridized carbons (Fsp3) is 0.833. The summed E-state index contributed by atoms with van der Waals surface area (Å²) in [6, 6.07) is 4.90. The molecule has 0 amide bonds. The average Bonchev–Trinajstić information content (AvgIpc) is 3.03. The van der Waals surface area contributed by atoms with E-state index in [1.54, 1.807) is 0 Å². The molecule has 5 rings (SSSR count). The van der Waals surface area contributed by atoms with Crippen molar-refractivity contribution in [3.05, 3.63) is 18.1 Å². The predicted molar refractivity (Wildman–Crippen MR) is 132 cm³/mol. The Kier molecular flexibility index (Phi) is 6.54. The van der Waals surface area contributed by atoms with E-state index >= 15 is 0 Å². The molecule has 3 saturated heterocycles. The molecule has 1 aliphatic carbocycles. The highest BCUT2D eigenvalue weighted by Crippen LogP contribution is 2.36. The van der Waals surface area contributed by atoms with E-state index in [0.29, 0.717) is 24.0 Å². The van der Waals surface area contributed by atoms with Gasteiger partial charge in [-0.3, -0.25) is 4.90 Å². The number of hydrogen-bond donors (Lipinski definition) is 0. The lowest BCUT2D eigenvalue weighted by atomic mass is 9.90. The van der Waals surface area contributed by atoms with E-state index in [1.165, 1.54) is 83.4 Å². The lowest BCUT2D eigenvalue weighted by molar-refractivity contribution is 0.123. The van der Waals surface area contributed by atoms with Crippen LogP contribution in [0.3, 0.4) is 0 Å². The van der Waals surface area contributed by atoms with Gasteiger partial charge in [-0.2, -0.15) is 0 Å². The molecule has 3 aliphatic heterocycles. The Morgan fingerprint density at radius 1 is 0.900 bits per heavy atom. The van der Waals surface area contributed by atoms with Gasteiger partial charge in [-0.25, -0.2) is 9.97 Å². The summed E-state index contributed by atoms with van der Waals surface area (Å²) in [7, 11) is 0. The van der Waals surface area contributed by atoms with Crippen LogP contribution in [-0.2, 0) is 0 Å². The van der Waals surface area contributed by atoms with Gasteiger partial charge in [0.2, 0.25) is 0 Å². The summed E-state index contributed by atoms with van der Waals surface area (Å²) < 4.78 is 0.908. The molecule has 5 nitrogen and oxygen atoms in total. The van der Waals surface area contributed by atoms with E-state index in [-0.39, 0.29) is 0 Å². The monoisotopic (exact) mass is 523 g/mol. The number of rotatable bonds is 4. The summed E-state index contributed by atoms with van der Waals surface area (Å²) in [6.45, 7) is 9.49. The highest BCUT2D eigenvalue weighted by atomic mass is 127. The van der Waals surface area contributed by atoms with Crippen LogP contribution >= 0.6 is 22.6 Å². The molecule has 1 saturated carbocycles.